The number of hydrogen-bond acceptors (Lipinski definition) is 4. The van der Waals surface area contributed by atoms with Crippen molar-refractivity contribution in [3.63, 3.8) is 0 Å². The van der Waals surface area contributed by atoms with Gasteiger partial charge in [0.15, 0.2) is 5.96 Å². The molecule has 150 valence electrons. The molecule has 1 unspecified atom stereocenters. The fourth-order valence-corrected chi connectivity index (χ4v) is 3.48. The lowest BCUT2D eigenvalue weighted by Gasteiger charge is -2.34. The largest absolute Gasteiger partial charge is 0.469 e. The number of furan rings is 1. The number of likely N-dealkylation sites (tertiary alicyclic amines) is 1. The number of aliphatic imine (C=N–C) groups is 1. The third kappa shape index (κ3) is 6.70. The molecular weight excluding hydrogens is 342 g/mol. The summed E-state index contributed by atoms with van der Waals surface area (Å²) in [6, 6.07) is 3.93. The van der Waals surface area contributed by atoms with E-state index in [-0.39, 0.29) is 0 Å². The molecule has 27 heavy (non-hydrogen) atoms. The highest BCUT2D eigenvalue weighted by molar-refractivity contribution is 5.80. The van der Waals surface area contributed by atoms with E-state index in [2.05, 4.69) is 16.8 Å². The molecular formula is C21H33N3O3. The van der Waals surface area contributed by atoms with Crippen molar-refractivity contribution in [3.8, 4) is 0 Å². The van der Waals surface area contributed by atoms with E-state index >= 15 is 0 Å². The highest BCUT2D eigenvalue weighted by Crippen LogP contribution is 2.18. The summed E-state index contributed by atoms with van der Waals surface area (Å²) in [5, 5.41) is 3.49. The van der Waals surface area contributed by atoms with Gasteiger partial charge >= 0.3 is 0 Å². The van der Waals surface area contributed by atoms with Gasteiger partial charge in [0.2, 0.25) is 0 Å². The van der Waals surface area contributed by atoms with Gasteiger partial charge in [-0.15, -0.1) is 0 Å². The molecule has 0 amide bonds. The Balaban J connectivity index is 1.44. The van der Waals surface area contributed by atoms with Crippen molar-refractivity contribution in [2.45, 2.75) is 51.2 Å². The Kier molecular flexibility index (Phi) is 7.78. The first kappa shape index (κ1) is 20.0. The summed E-state index contributed by atoms with van der Waals surface area (Å²) in [6.07, 6.45) is 7.55. The van der Waals surface area contributed by atoms with Gasteiger partial charge in [-0.2, -0.15) is 0 Å². The summed E-state index contributed by atoms with van der Waals surface area (Å²) >= 11 is 0. The molecule has 1 aromatic rings. The third-order valence-electron chi connectivity index (χ3n) is 5.02. The number of piperidine rings is 1. The fourth-order valence-electron chi connectivity index (χ4n) is 3.48. The summed E-state index contributed by atoms with van der Waals surface area (Å²) in [5.74, 6) is 1.95. The van der Waals surface area contributed by atoms with E-state index < -0.39 is 0 Å². The molecule has 1 atom stereocenters. The van der Waals surface area contributed by atoms with Gasteiger partial charge in [-0.3, -0.25) is 0 Å². The SMILES string of the molecule is C=C(C)CN=C(NCCc1ccco1)N1CCC(OCC2CCCO2)CC1. The summed E-state index contributed by atoms with van der Waals surface area (Å²) < 4.78 is 17.1. The molecule has 0 aliphatic carbocycles. The lowest BCUT2D eigenvalue weighted by molar-refractivity contribution is -0.0367. The Morgan fingerprint density at radius 1 is 1.37 bits per heavy atom. The Bertz CT molecular complexity index is 586. The van der Waals surface area contributed by atoms with Crippen LogP contribution < -0.4 is 5.32 Å². The van der Waals surface area contributed by atoms with Crippen LogP contribution in [0.4, 0.5) is 0 Å². The van der Waals surface area contributed by atoms with Crippen molar-refractivity contribution in [1.82, 2.24) is 10.2 Å². The minimum absolute atomic E-state index is 0.305. The number of hydrogen-bond donors (Lipinski definition) is 1. The van der Waals surface area contributed by atoms with Crippen LogP contribution in [0.3, 0.4) is 0 Å². The second-order valence-electron chi connectivity index (χ2n) is 7.51. The van der Waals surface area contributed by atoms with Crippen LogP contribution in [0.5, 0.6) is 0 Å². The van der Waals surface area contributed by atoms with Gasteiger partial charge in [-0.05, 0) is 44.7 Å². The van der Waals surface area contributed by atoms with Crippen LogP contribution in [0.2, 0.25) is 0 Å². The first-order valence-electron chi connectivity index (χ1n) is 10.1. The minimum Gasteiger partial charge on any atom is -0.469 e. The van der Waals surface area contributed by atoms with E-state index in [1.807, 2.05) is 19.1 Å². The molecule has 2 fully saturated rings. The predicted molar refractivity (Wildman–Crippen MR) is 107 cm³/mol. The van der Waals surface area contributed by atoms with E-state index in [1.54, 1.807) is 6.26 Å². The van der Waals surface area contributed by atoms with Crippen molar-refractivity contribution in [2.75, 3.05) is 39.4 Å². The predicted octanol–water partition coefficient (Wildman–Crippen LogP) is 3.00. The van der Waals surface area contributed by atoms with Crippen LogP contribution in [0, 0.1) is 0 Å². The summed E-state index contributed by atoms with van der Waals surface area (Å²) in [6.45, 7) is 11.0. The molecule has 1 aromatic heterocycles. The zero-order valence-corrected chi connectivity index (χ0v) is 16.5. The Hall–Kier alpha value is -1.79. The molecule has 0 aromatic carbocycles. The maximum atomic E-state index is 6.08. The maximum absolute atomic E-state index is 6.08. The van der Waals surface area contributed by atoms with E-state index in [0.29, 0.717) is 18.8 Å². The van der Waals surface area contributed by atoms with E-state index in [4.69, 9.17) is 18.9 Å². The highest BCUT2D eigenvalue weighted by Gasteiger charge is 2.24. The molecule has 2 aliphatic heterocycles. The second-order valence-corrected chi connectivity index (χ2v) is 7.51. The van der Waals surface area contributed by atoms with Gasteiger partial charge < -0.3 is 24.1 Å². The first-order valence-corrected chi connectivity index (χ1v) is 10.1. The lowest BCUT2D eigenvalue weighted by atomic mass is 10.1. The number of nitrogens with one attached hydrogen (secondary N) is 1. The molecule has 6 heteroatoms. The summed E-state index contributed by atoms with van der Waals surface area (Å²) in [4.78, 5) is 7.07. The minimum atomic E-state index is 0.305. The zero-order valence-electron chi connectivity index (χ0n) is 16.5. The maximum Gasteiger partial charge on any atom is 0.194 e. The Labute approximate surface area is 162 Å². The molecule has 1 N–H and O–H groups in total. The number of guanidine groups is 1. The Morgan fingerprint density at radius 3 is 2.89 bits per heavy atom. The van der Waals surface area contributed by atoms with Gasteiger partial charge in [-0.25, -0.2) is 4.99 Å². The van der Waals surface area contributed by atoms with Gasteiger partial charge in [0.05, 0.1) is 31.6 Å². The average Bonchev–Trinajstić information content (AvgIpc) is 3.37. The van der Waals surface area contributed by atoms with Crippen molar-refractivity contribution >= 4 is 5.96 Å². The Morgan fingerprint density at radius 2 is 2.22 bits per heavy atom. The van der Waals surface area contributed by atoms with Crippen LogP contribution >= 0.6 is 0 Å². The standard InChI is InChI=1S/C21H33N3O3/c1-17(2)15-23-21(22-10-7-18-5-3-13-25-18)24-11-8-19(9-12-24)27-16-20-6-4-14-26-20/h3,5,13,19-20H,1,4,6-12,14-16H2,2H3,(H,22,23). The van der Waals surface area contributed by atoms with Crippen LogP contribution in [-0.4, -0.2) is 62.5 Å². The van der Waals surface area contributed by atoms with Gasteiger partial charge in [0.25, 0.3) is 0 Å². The molecule has 0 radical (unpaired) electrons. The fraction of sp³-hybridized carbons (Fsp3) is 0.667. The topological polar surface area (TPSA) is 59.2 Å². The van der Waals surface area contributed by atoms with Crippen LogP contribution in [0.15, 0.2) is 40.0 Å². The molecule has 2 aliphatic rings. The number of nitrogens with zero attached hydrogens (tertiary/aromatic N) is 2. The number of ether oxygens (including phenoxy) is 2. The van der Waals surface area contributed by atoms with Gasteiger partial charge in [0, 0.05) is 32.7 Å². The monoisotopic (exact) mass is 375 g/mol. The number of rotatable bonds is 8. The van der Waals surface area contributed by atoms with Crippen LogP contribution in [0.1, 0.15) is 38.4 Å². The molecule has 2 saturated heterocycles. The van der Waals surface area contributed by atoms with E-state index in [1.165, 1.54) is 6.42 Å². The summed E-state index contributed by atoms with van der Waals surface area (Å²) in [7, 11) is 0. The third-order valence-corrected chi connectivity index (χ3v) is 5.02. The van der Waals surface area contributed by atoms with Crippen molar-refractivity contribution in [1.29, 1.82) is 0 Å². The lowest BCUT2D eigenvalue weighted by Crippen LogP contribution is -2.47. The molecule has 0 spiro atoms. The molecule has 0 bridgehead atoms. The van der Waals surface area contributed by atoms with Gasteiger partial charge in [0.1, 0.15) is 5.76 Å². The second kappa shape index (κ2) is 10.5. The molecule has 0 saturated carbocycles. The van der Waals surface area contributed by atoms with E-state index in [0.717, 1.165) is 75.8 Å². The smallest absolute Gasteiger partial charge is 0.194 e. The first-order chi connectivity index (χ1) is 13.2. The zero-order chi connectivity index (χ0) is 18.9. The van der Waals surface area contributed by atoms with E-state index in [9.17, 15) is 0 Å². The molecule has 3 heterocycles. The van der Waals surface area contributed by atoms with Gasteiger partial charge in [-0.1, -0.05) is 12.2 Å². The average molecular weight is 376 g/mol. The van der Waals surface area contributed by atoms with Crippen molar-refractivity contribution in [3.05, 3.63) is 36.3 Å². The normalized spacial score (nSPS) is 21.6. The summed E-state index contributed by atoms with van der Waals surface area (Å²) in [5.41, 5.74) is 1.06. The quantitative estimate of drug-likeness (QED) is 0.430. The van der Waals surface area contributed by atoms with Crippen LogP contribution in [0.25, 0.3) is 0 Å². The highest BCUT2D eigenvalue weighted by atomic mass is 16.5. The molecule has 3 rings (SSSR count). The van der Waals surface area contributed by atoms with Crippen molar-refractivity contribution < 1.29 is 13.9 Å². The molecule has 6 nitrogen and oxygen atoms in total. The van der Waals surface area contributed by atoms with Crippen molar-refractivity contribution in [2.24, 2.45) is 4.99 Å². The van der Waals surface area contributed by atoms with Crippen LogP contribution in [-0.2, 0) is 15.9 Å².